The number of aromatic nitrogens is 3. The van der Waals surface area contributed by atoms with Gasteiger partial charge in [-0.05, 0) is 36.8 Å². The minimum Gasteiger partial charge on any atom is -0.493 e. The molecule has 1 aromatic heterocycles. The van der Waals surface area contributed by atoms with Gasteiger partial charge < -0.3 is 24.3 Å². The third-order valence-corrected chi connectivity index (χ3v) is 5.17. The second-order valence-electron chi connectivity index (χ2n) is 7.33. The Kier molecular flexibility index (Phi) is 7.28. The molecule has 0 unspecified atom stereocenters. The van der Waals surface area contributed by atoms with Gasteiger partial charge in [0.2, 0.25) is 6.41 Å². The molecule has 1 N–H and O–H groups in total. The number of methoxy groups -OCH3 is 1. The van der Waals surface area contributed by atoms with Crippen LogP contribution in [0.4, 0.5) is 28.9 Å². The number of nitrogens with one attached hydrogen (secondary N) is 1. The van der Waals surface area contributed by atoms with E-state index in [2.05, 4.69) is 15.2 Å². The molecule has 0 spiro atoms. The van der Waals surface area contributed by atoms with Crippen LogP contribution in [-0.4, -0.2) is 49.3 Å². The summed E-state index contributed by atoms with van der Waals surface area (Å²) >= 11 is 0. The second-order valence-corrected chi connectivity index (χ2v) is 7.33. The van der Waals surface area contributed by atoms with Crippen molar-refractivity contribution >= 4 is 17.8 Å². The summed E-state index contributed by atoms with van der Waals surface area (Å²) < 4.78 is 67.0. The number of hydrogen-bond donors (Lipinski definition) is 1. The number of hydrogen-bond acceptors (Lipinski definition) is 6. The molecular weight excluding hydrogens is 458 g/mol. The highest BCUT2D eigenvalue weighted by Crippen LogP contribution is 2.45. The first-order valence-electron chi connectivity index (χ1n) is 10.1. The molecule has 1 amide bonds. The van der Waals surface area contributed by atoms with E-state index in [4.69, 9.17) is 9.47 Å². The highest BCUT2D eigenvalue weighted by atomic mass is 19.4. The predicted octanol–water partition coefficient (Wildman–Crippen LogP) is 4.27. The van der Waals surface area contributed by atoms with Gasteiger partial charge in [0.15, 0.2) is 23.1 Å². The van der Waals surface area contributed by atoms with Gasteiger partial charge in [0.1, 0.15) is 12.9 Å². The fraction of sp³-hybridized carbons (Fsp3) is 0.318. The number of H-pyrrole nitrogens is 1. The zero-order chi connectivity index (χ0) is 25.0. The lowest BCUT2D eigenvalue weighted by molar-refractivity contribution is -0.137. The molecule has 0 bridgehead atoms. The molecule has 12 heteroatoms. The van der Waals surface area contributed by atoms with E-state index in [0.717, 1.165) is 23.1 Å². The summed E-state index contributed by atoms with van der Waals surface area (Å²) in [6.07, 6.45) is -2.86. The fourth-order valence-electron chi connectivity index (χ4n) is 3.34. The number of nitrogens with zero attached hydrogens (tertiary/aromatic N) is 4. The maximum atomic E-state index is 15.1. The Bertz CT molecular complexity index is 1150. The van der Waals surface area contributed by atoms with Gasteiger partial charge in [0.05, 0.1) is 24.0 Å². The van der Waals surface area contributed by atoms with Gasteiger partial charge in [-0.15, -0.1) is 10.2 Å². The van der Waals surface area contributed by atoms with E-state index in [1.54, 1.807) is 18.9 Å². The number of benzene rings is 2. The zero-order valence-corrected chi connectivity index (χ0v) is 18.9. The number of anilines is 2. The first-order valence-corrected chi connectivity index (χ1v) is 10.1. The van der Waals surface area contributed by atoms with E-state index >= 15 is 4.39 Å². The molecule has 0 atom stereocenters. The molecule has 2 aromatic carbocycles. The zero-order valence-electron chi connectivity index (χ0n) is 18.9. The number of ether oxygens (including phenoxy) is 2. The summed E-state index contributed by atoms with van der Waals surface area (Å²) in [7, 11) is 4.29. The Morgan fingerprint density at radius 3 is 2.47 bits per heavy atom. The quantitative estimate of drug-likeness (QED) is 0.363. The lowest BCUT2D eigenvalue weighted by Crippen LogP contribution is -2.24. The average Bonchev–Trinajstić information content (AvgIpc) is 3.34. The van der Waals surface area contributed by atoms with Gasteiger partial charge in [-0.2, -0.15) is 13.2 Å². The highest BCUT2D eigenvalue weighted by Gasteiger charge is 2.34. The van der Waals surface area contributed by atoms with Gasteiger partial charge in [-0.25, -0.2) is 4.39 Å². The van der Waals surface area contributed by atoms with E-state index < -0.39 is 17.6 Å². The summed E-state index contributed by atoms with van der Waals surface area (Å²) in [6.45, 7) is 1.99. The first kappa shape index (κ1) is 24.8. The van der Waals surface area contributed by atoms with Gasteiger partial charge in [-0.3, -0.25) is 4.79 Å². The fourth-order valence-corrected chi connectivity index (χ4v) is 3.34. The van der Waals surface area contributed by atoms with Gasteiger partial charge in [-0.1, -0.05) is 0 Å². The molecule has 3 aromatic rings. The summed E-state index contributed by atoms with van der Waals surface area (Å²) in [6, 6.07) is 4.23. The van der Waals surface area contributed by atoms with Crippen LogP contribution in [0.15, 0.2) is 30.6 Å². The summed E-state index contributed by atoms with van der Waals surface area (Å²) in [5.74, 6) is -0.815. The second kappa shape index (κ2) is 9.98. The number of halogens is 4. The number of carbonyl (C=O) groups excluding carboxylic acids is 1. The van der Waals surface area contributed by atoms with Crippen molar-refractivity contribution in [3.63, 3.8) is 0 Å². The van der Waals surface area contributed by atoms with Crippen molar-refractivity contribution in [2.75, 3.05) is 37.5 Å². The van der Waals surface area contributed by atoms with E-state index in [0.29, 0.717) is 18.8 Å². The molecule has 0 saturated heterocycles. The molecule has 0 aliphatic rings. The number of aromatic amines is 1. The molecule has 34 heavy (non-hydrogen) atoms. The molecule has 8 nitrogen and oxygen atoms in total. The maximum absolute atomic E-state index is 15.1. The molecule has 0 aliphatic heterocycles. The standard InChI is InChI=1S/C22H23F4N5O3/c1-5-30(2)17-9-14(22(24,25)26)8-15(20(17)31(3)12-32)13-6-16(23)21(18(7-13)33-4)34-10-19-27-11-28-29-19/h6-9,11-12H,5,10H2,1-4H3,(H,27,28,29). The number of amides is 1. The van der Waals surface area contributed by atoms with Crippen molar-refractivity contribution in [1.29, 1.82) is 0 Å². The number of carbonyl (C=O) groups is 1. The predicted molar refractivity (Wildman–Crippen MR) is 118 cm³/mol. The Hall–Kier alpha value is -3.83. The molecule has 0 aliphatic carbocycles. The molecule has 0 saturated carbocycles. The van der Waals surface area contributed by atoms with E-state index in [1.165, 1.54) is 26.6 Å². The van der Waals surface area contributed by atoms with Crippen LogP contribution in [0.5, 0.6) is 11.5 Å². The SMILES string of the molecule is CCN(C)c1cc(C(F)(F)F)cc(-c2cc(F)c(OCc3nnc[nH]3)c(OC)c2)c1N(C)C=O. The Morgan fingerprint density at radius 1 is 1.18 bits per heavy atom. The summed E-state index contributed by atoms with van der Waals surface area (Å²) in [4.78, 5) is 17.1. The third-order valence-electron chi connectivity index (χ3n) is 5.17. The van der Waals surface area contributed by atoms with Crippen LogP contribution in [0.25, 0.3) is 11.1 Å². The largest absolute Gasteiger partial charge is 0.493 e. The van der Waals surface area contributed by atoms with Crippen LogP contribution < -0.4 is 19.3 Å². The average molecular weight is 481 g/mol. The number of alkyl halides is 3. The van der Waals surface area contributed by atoms with Crippen LogP contribution in [-0.2, 0) is 17.6 Å². The van der Waals surface area contributed by atoms with Gasteiger partial charge in [0, 0.05) is 26.2 Å². The molecule has 0 radical (unpaired) electrons. The molecule has 3 rings (SSSR count). The third kappa shape index (κ3) is 5.05. The topological polar surface area (TPSA) is 83.6 Å². The lowest BCUT2D eigenvalue weighted by Gasteiger charge is -2.28. The van der Waals surface area contributed by atoms with Crippen LogP contribution in [0.2, 0.25) is 0 Å². The van der Waals surface area contributed by atoms with Crippen molar-refractivity contribution in [1.82, 2.24) is 15.2 Å². The van der Waals surface area contributed by atoms with E-state index in [-0.39, 0.29) is 40.6 Å². The summed E-state index contributed by atoms with van der Waals surface area (Å²) in [5, 5.41) is 7.35. The molecular formula is C22H23F4N5O3. The maximum Gasteiger partial charge on any atom is 0.416 e. The molecule has 182 valence electrons. The van der Waals surface area contributed by atoms with Crippen molar-refractivity contribution in [3.8, 4) is 22.6 Å². The monoisotopic (exact) mass is 481 g/mol. The van der Waals surface area contributed by atoms with Crippen LogP contribution in [0.3, 0.4) is 0 Å². The lowest BCUT2D eigenvalue weighted by atomic mass is 9.97. The molecule has 1 heterocycles. The van der Waals surface area contributed by atoms with Crippen molar-refractivity contribution in [3.05, 3.63) is 47.8 Å². The van der Waals surface area contributed by atoms with E-state index in [9.17, 15) is 18.0 Å². The van der Waals surface area contributed by atoms with Crippen LogP contribution in [0.1, 0.15) is 18.3 Å². The first-order chi connectivity index (χ1) is 16.1. The van der Waals surface area contributed by atoms with Crippen LogP contribution >= 0.6 is 0 Å². The minimum absolute atomic E-state index is 0.00119. The van der Waals surface area contributed by atoms with E-state index in [1.807, 2.05) is 0 Å². The Morgan fingerprint density at radius 2 is 1.91 bits per heavy atom. The van der Waals surface area contributed by atoms with Crippen molar-refractivity contribution in [2.45, 2.75) is 19.7 Å². The Labute approximate surface area is 193 Å². The van der Waals surface area contributed by atoms with Crippen molar-refractivity contribution < 1.29 is 31.8 Å². The Balaban J connectivity index is 2.22. The smallest absolute Gasteiger partial charge is 0.416 e. The van der Waals surface area contributed by atoms with Gasteiger partial charge in [0.25, 0.3) is 0 Å². The van der Waals surface area contributed by atoms with Gasteiger partial charge >= 0.3 is 6.18 Å². The van der Waals surface area contributed by atoms with Crippen LogP contribution in [0, 0.1) is 5.82 Å². The highest BCUT2D eigenvalue weighted by molar-refractivity contribution is 5.95. The minimum atomic E-state index is -4.67. The number of rotatable bonds is 9. The molecule has 0 fully saturated rings. The summed E-state index contributed by atoms with van der Waals surface area (Å²) in [5.41, 5.74) is -0.525. The normalized spacial score (nSPS) is 11.3. The van der Waals surface area contributed by atoms with Crippen molar-refractivity contribution in [2.24, 2.45) is 0 Å².